The van der Waals surface area contributed by atoms with Crippen molar-refractivity contribution in [1.29, 1.82) is 0 Å². The molecular formula is C19H27N3O4S2. The average Bonchev–Trinajstić information content (AvgIpc) is 2.80. The van der Waals surface area contributed by atoms with Gasteiger partial charge in [-0.15, -0.1) is 11.8 Å². The number of nitrogens with zero attached hydrogens (tertiary/aromatic N) is 2. The Balaban J connectivity index is 1.95. The number of nitrogens with one attached hydrogen (secondary N) is 1. The summed E-state index contributed by atoms with van der Waals surface area (Å²) in [6, 6.07) is 4.88. The number of sulfonamides is 1. The molecule has 1 N–H and O–H groups in total. The second-order valence-electron chi connectivity index (χ2n) is 7.39. The van der Waals surface area contributed by atoms with Gasteiger partial charge in [-0.05, 0) is 44.9 Å². The summed E-state index contributed by atoms with van der Waals surface area (Å²) in [6.45, 7) is 4.64. The number of carbonyl (C=O) groups excluding carboxylic acids is 2. The van der Waals surface area contributed by atoms with Crippen molar-refractivity contribution < 1.29 is 18.0 Å². The Labute approximate surface area is 170 Å². The van der Waals surface area contributed by atoms with Gasteiger partial charge in [-0.1, -0.05) is 6.42 Å². The number of anilines is 1. The molecule has 0 bridgehead atoms. The lowest BCUT2D eigenvalue weighted by atomic mass is 10.2. The topological polar surface area (TPSA) is 86.8 Å². The molecule has 1 aromatic rings. The minimum atomic E-state index is -3.61. The molecule has 2 amide bonds. The van der Waals surface area contributed by atoms with Gasteiger partial charge in [0, 0.05) is 36.2 Å². The van der Waals surface area contributed by atoms with Crippen LogP contribution in [0, 0.1) is 0 Å². The molecule has 0 atom stereocenters. The van der Waals surface area contributed by atoms with Crippen molar-refractivity contribution in [2.75, 3.05) is 30.3 Å². The van der Waals surface area contributed by atoms with Crippen molar-refractivity contribution in [3.63, 3.8) is 0 Å². The maximum absolute atomic E-state index is 13.1. The number of hydrogen-bond acceptors (Lipinski definition) is 5. The summed E-state index contributed by atoms with van der Waals surface area (Å²) in [4.78, 5) is 27.3. The number of rotatable bonds is 5. The maximum Gasteiger partial charge on any atom is 0.243 e. The van der Waals surface area contributed by atoms with Gasteiger partial charge in [0.1, 0.15) is 6.54 Å². The van der Waals surface area contributed by atoms with Crippen LogP contribution in [-0.2, 0) is 19.6 Å². The molecule has 0 aromatic heterocycles. The predicted molar refractivity (Wildman–Crippen MR) is 110 cm³/mol. The van der Waals surface area contributed by atoms with Gasteiger partial charge in [0.2, 0.25) is 21.8 Å². The van der Waals surface area contributed by atoms with Gasteiger partial charge in [-0.2, -0.15) is 4.31 Å². The number of piperidine rings is 1. The molecule has 1 aromatic carbocycles. The van der Waals surface area contributed by atoms with E-state index in [1.165, 1.54) is 21.0 Å². The Morgan fingerprint density at radius 3 is 2.61 bits per heavy atom. The number of fused-ring (bicyclic) bond motifs is 1. The standard InChI is InChI=1S/C19H27N3O4S2/c1-14(2)20-18(23)13-22-16-12-15(6-7-17(16)27-11-8-19(22)24)28(25,26)21-9-4-3-5-10-21/h6-7,12,14H,3-5,8-11,13H2,1-2H3,(H,20,23). The minimum Gasteiger partial charge on any atom is -0.352 e. The fraction of sp³-hybridized carbons (Fsp3) is 0.579. The van der Waals surface area contributed by atoms with Crippen LogP contribution in [0.25, 0.3) is 0 Å². The van der Waals surface area contributed by atoms with Crippen LogP contribution < -0.4 is 10.2 Å². The molecule has 3 rings (SSSR count). The quantitative estimate of drug-likeness (QED) is 0.782. The van der Waals surface area contributed by atoms with Gasteiger partial charge >= 0.3 is 0 Å². The smallest absolute Gasteiger partial charge is 0.243 e. The molecule has 154 valence electrons. The highest BCUT2D eigenvalue weighted by Crippen LogP contribution is 2.36. The number of thioether (sulfide) groups is 1. The fourth-order valence-corrected chi connectivity index (χ4v) is 5.96. The van der Waals surface area contributed by atoms with E-state index in [2.05, 4.69) is 5.32 Å². The molecular weight excluding hydrogens is 398 g/mol. The SMILES string of the molecule is CC(C)NC(=O)CN1C(=O)CCSc2ccc(S(=O)(=O)N3CCCCC3)cc21. The van der Waals surface area contributed by atoms with Crippen LogP contribution in [0.15, 0.2) is 28.0 Å². The van der Waals surface area contributed by atoms with E-state index in [1.54, 1.807) is 18.2 Å². The van der Waals surface area contributed by atoms with Gasteiger partial charge in [-0.25, -0.2) is 8.42 Å². The minimum absolute atomic E-state index is 0.0331. The summed E-state index contributed by atoms with van der Waals surface area (Å²) in [5.41, 5.74) is 0.504. The Morgan fingerprint density at radius 1 is 1.21 bits per heavy atom. The van der Waals surface area contributed by atoms with Gasteiger partial charge in [0.15, 0.2) is 0 Å². The summed E-state index contributed by atoms with van der Waals surface area (Å²) in [7, 11) is -3.61. The summed E-state index contributed by atoms with van der Waals surface area (Å²) >= 11 is 1.51. The van der Waals surface area contributed by atoms with E-state index in [-0.39, 0.29) is 29.3 Å². The summed E-state index contributed by atoms with van der Waals surface area (Å²) in [5.74, 6) is 0.176. The van der Waals surface area contributed by atoms with Crippen molar-refractivity contribution in [3.05, 3.63) is 18.2 Å². The zero-order valence-electron chi connectivity index (χ0n) is 16.3. The van der Waals surface area contributed by atoms with E-state index in [0.29, 0.717) is 31.0 Å². The number of carbonyl (C=O) groups is 2. The first-order valence-electron chi connectivity index (χ1n) is 9.66. The summed E-state index contributed by atoms with van der Waals surface area (Å²) < 4.78 is 27.6. The lowest BCUT2D eigenvalue weighted by Crippen LogP contribution is -2.43. The van der Waals surface area contributed by atoms with Crippen LogP contribution in [0.4, 0.5) is 5.69 Å². The van der Waals surface area contributed by atoms with Gasteiger partial charge in [0.25, 0.3) is 0 Å². The molecule has 2 aliphatic heterocycles. The zero-order chi connectivity index (χ0) is 20.3. The van der Waals surface area contributed by atoms with Crippen molar-refractivity contribution in [3.8, 4) is 0 Å². The lowest BCUT2D eigenvalue weighted by molar-refractivity contribution is -0.124. The first-order valence-corrected chi connectivity index (χ1v) is 12.1. The van der Waals surface area contributed by atoms with Crippen molar-refractivity contribution in [1.82, 2.24) is 9.62 Å². The van der Waals surface area contributed by atoms with E-state index in [9.17, 15) is 18.0 Å². The molecule has 28 heavy (non-hydrogen) atoms. The van der Waals surface area contributed by atoms with Gasteiger partial charge in [0.05, 0.1) is 10.6 Å². The van der Waals surface area contributed by atoms with E-state index in [1.807, 2.05) is 13.8 Å². The highest BCUT2D eigenvalue weighted by atomic mass is 32.2. The van der Waals surface area contributed by atoms with Crippen molar-refractivity contribution in [2.45, 2.75) is 55.4 Å². The van der Waals surface area contributed by atoms with E-state index in [0.717, 1.165) is 24.2 Å². The molecule has 9 heteroatoms. The second kappa shape index (κ2) is 8.84. The number of benzene rings is 1. The average molecular weight is 426 g/mol. The van der Waals surface area contributed by atoms with Crippen LogP contribution in [0.5, 0.6) is 0 Å². The van der Waals surface area contributed by atoms with Crippen LogP contribution >= 0.6 is 11.8 Å². The molecule has 0 radical (unpaired) electrons. The summed E-state index contributed by atoms with van der Waals surface area (Å²) in [5, 5.41) is 2.79. The van der Waals surface area contributed by atoms with Crippen LogP contribution in [-0.4, -0.2) is 56.0 Å². The lowest BCUT2D eigenvalue weighted by Gasteiger charge is -2.27. The molecule has 0 spiro atoms. The number of amides is 2. The van der Waals surface area contributed by atoms with Crippen molar-refractivity contribution in [2.24, 2.45) is 0 Å². The Hall–Kier alpha value is -1.58. The molecule has 0 aliphatic carbocycles. The van der Waals surface area contributed by atoms with E-state index >= 15 is 0 Å². The summed E-state index contributed by atoms with van der Waals surface area (Å²) in [6.07, 6.45) is 3.07. The predicted octanol–water partition coefficient (Wildman–Crippen LogP) is 2.21. The monoisotopic (exact) mass is 425 g/mol. The van der Waals surface area contributed by atoms with E-state index in [4.69, 9.17) is 0 Å². The van der Waals surface area contributed by atoms with Crippen LogP contribution in [0.1, 0.15) is 39.5 Å². The zero-order valence-corrected chi connectivity index (χ0v) is 17.9. The fourth-order valence-electron chi connectivity index (χ4n) is 3.45. The van der Waals surface area contributed by atoms with Crippen LogP contribution in [0.3, 0.4) is 0 Å². The van der Waals surface area contributed by atoms with Crippen molar-refractivity contribution >= 4 is 39.3 Å². The Morgan fingerprint density at radius 2 is 1.93 bits per heavy atom. The highest BCUT2D eigenvalue weighted by Gasteiger charge is 2.30. The number of hydrogen-bond donors (Lipinski definition) is 1. The molecule has 0 saturated carbocycles. The normalized spacial score (nSPS) is 18.7. The maximum atomic E-state index is 13.1. The Kier molecular flexibility index (Phi) is 6.67. The third-order valence-corrected chi connectivity index (χ3v) is 7.76. The molecule has 1 fully saturated rings. The molecule has 7 nitrogen and oxygen atoms in total. The third-order valence-electron chi connectivity index (χ3n) is 4.80. The first kappa shape index (κ1) is 21.1. The molecule has 2 heterocycles. The molecule has 1 saturated heterocycles. The largest absolute Gasteiger partial charge is 0.352 e. The Bertz CT molecular complexity index is 849. The highest BCUT2D eigenvalue weighted by molar-refractivity contribution is 7.99. The van der Waals surface area contributed by atoms with Gasteiger partial charge < -0.3 is 10.2 Å². The first-order chi connectivity index (χ1) is 13.3. The molecule has 2 aliphatic rings. The van der Waals surface area contributed by atoms with Gasteiger partial charge in [-0.3, -0.25) is 9.59 Å². The molecule has 0 unspecified atom stereocenters. The third kappa shape index (κ3) is 4.69. The van der Waals surface area contributed by atoms with E-state index < -0.39 is 10.0 Å². The second-order valence-corrected chi connectivity index (χ2v) is 10.5. The van der Waals surface area contributed by atoms with Crippen LogP contribution in [0.2, 0.25) is 0 Å².